The maximum absolute atomic E-state index is 11.4. The molecule has 1 N–H and O–H groups in total. The Kier molecular flexibility index (Phi) is 3.06. The van der Waals surface area contributed by atoms with Gasteiger partial charge < -0.3 is 0 Å². The van der Waals surface area contributed by atoms with Gasteiger partial charge in [-0.15, -0.1) is 0 Å². The Morgan fingerprint density at radius 2 is 2.33 bits per heavy atom. The molecule has 1 aliphatic heterocycles. The third kappa shape index (κ3) is 2.54. The molecule has 7 heteroatoms. The van der Waals surface area contributed by atoms with Crippen LogP contribution in [0.25, 0.3) is 0 Å². The van der Waals surface area contributed by atoms with Gasteiger partial charge in [-0.2, -0.15) is 12.7 Å². The van der Waals surface area contributed by atoms with Crippen molar-refractivity contribution in [2.24, 2.45) is 0 Å². The summed E-state index contributed by atoms with van der Waals surface area (Å²) in [5, 5.41) is 0. The van der Waals surface area contributed by atoms with Crippen LogP contribution >= 0.6 is 15.9 Å². The highest BCUT2D eigenvalue weighted by Crippen LogP contribution is 2.14. The van der Waals surface area contributed by atoms with Crippen LogP contribution in [0.5, 0.6) is 0 Å². The highest BCUT2D eigenvalue weighted by molar-refractivity contribution is 9.10. The Morgan fingerprint density at radius 3 is 2.93 bits per heavy atom. The lowest BCUT2D eigenvalue weighted by molar-refractivity contribution is 0.445. The number of halogens is 1. The Morgan fingerprint density at radius 1 is 1.53 bits per heavy atom. The number of pyridine rings is 1. The van der Waals surface area contributed by atoms with Crippen LogP contribution in [0, 0.1) is 0 Å². The summed E-state index contributed by atoms with van der Waals surface area (Å²) in [7, 11) is -3.26. The fourth-order valence-corrected chi connectivity index (χ4v) is 3.02. The molecule has 15 heavy (non-hydrogen) atoms. The first-order valence-electron chi connectivity index (χ1n) is 4.42. The van der Waals surface area contributed by atoms with E-state index in [1.54, 1.807) is 12.4 Å². The lowest BCUT2D eigenvalue weighted by Gasteiger charge is -2.12. The highest BCUT2D eigenvalue weighted by Gasteiger charge is 2.27. The SMILES string of the molecule is O=S1(=O)NCCN1Cc1cncc(Br)c1. The minimum atomic E-state index is -3.26. The fourth-order valence-electron chi connectivity index (χ4n) is 1.42. The van der Waals surface area contributed by atoms with Crippen molar-refractivity contribution in [3.8, 4) is 0 Å². The van der Waals surface area contributed by atoms with Gasteiger partial charge in [-0.1, -0.05) is 0 Å². The zero-order valence-corrected chi connectivity index (χ0v) is 10.3. The molecular formula is C8H10BrN3O2S. The number of hydrogen-bond acceptors (Lipinski definition) is 3. The van der Waals surface area contributed by atoms with E-state index >= 15 is 0 Å². The first-order chi connectivity index (χ1) is 7.08. The normalized spacial score (nSPS) is 20.6. The molecular weight excluding hydrogens is 282 g/mol. The lowest BCUT2D eigenvalue weighted by atomic mass is 10.3. The molecule has 0 aliphatic carbocycles. The van der Waals surface area contributed by atoms with Crippen LogP contribution in [-0.2, 0) is 16.8 Å². The van der Waals surface area contributed by atoms with Gasteiger partial charge in [-0.3, -0.25) is 4.98 Å². The molecule has 0 aromatic carbocycles. The molecule has 0 spiro atoms. The fraction of sp³-hybridized carbons (Fsp3) is 0.375. The summed E-state index contributed by atoms with van der Waals surface area (Å²) in [5.41, 5.74) is 0.872. The molecule has 1 aliphatic rings. The van der Waals surface area contributed by atoms with Gasteiger partial charge in [0.1, 0.15) is 0 Å². The summed E-state index contributed by atoms with van der Waals surface area (Å²) in [6, 6.07) is 1.86. The monoisotopic (exact) mass is 291 g/mol. The van der Waals surface area contributed by atoms with Gasteiger partial charge in [0.05, 0.1) is 0 Å². The Labute approximate surface area is 96.8 Å². The lowest BCUT2D eigenvalue weighted by Crippen LogP contribution is -2.29. The topological polar surface area (TPSA) is 62.3 Å². The Bertz CT molecular complexity index is 463. The van der Waals surface area contributed by atoms with E-state index in [4.69, 9.17) is 0 Å². The maximum Gasteiger partial charge on any atom is 0.279 e. The van der Waals surface area contributed by atoms with Crippen molar-refractivity contribution < 1.29 is 8.42 Å². The van der Waals surface area contributed by atoms with Gasteiger partial charge in [0, 0.05) is 36.5 Å². The Hall–Kier alpha value is -0.500. The van der Waals surface area contributed by atoms with E-state index in [-0.39, 0.29) is 0 Å². The molecule has 0 bridgehead atoms. The molecule has 1 aromatic heterocycles. The molecule has 5 nitrogen and oxygen atoms in total. The standard InChI is InChI=1S/C8H10BrN3O2S/c9-8-3-7(4-10-5-8)6-12-2-1-11-15(12,13)14/h3-5,11H,1-2,6H2. The van der Waals surface area contributed by atoms with Crippen molar-refractivity contribution in [3.05, 3.63) is 28.5 Å². The molecule has 1 fully saturated rings. The van der Waals surface area contributed by atoms with E-state index < -0.39 is 10.2 Å². The predicted octanol–water partition coefficient (Wildman–Crippen LogP) is 0.494. The third-order valence-electron chi connectivity index (χ3n) is 2.11. The van der Waals surface area contributed by atoms with E-state index in [0.29, 0.717) is 19.6 Å². The van der Waals surface area contributed by atoms with Crippen LogP contribution in [0.3, 0.4) is 0 Å². The quantitative estimate of drug-likeness (QED) is 0.863. The van der Waals surface area contributed by atoms with E-state index in [2.05, 4.69) is 25.6 Å². The summed E-state index contributed by atoms with van der Waals surface area (Å²) in [4.78, 5) is 3.99. The second kappa shape index (κ2) is 4.17. The summed E-state index contributed by atoms with van der Waals surface area (Å²) < 4.78 is 27.6. The number of aromatic nitrogens is 1. The molecule has 0 amide bonds. The zero-order chi connectivity index (χ0) is 10.9. The molecule has 1 saturated heterocycles. The van der Waals surface area contributed by atoms with Crippen LogP contribution in [-0.4, -0.2) is 30.8 Å². The van der Waals surface area contributed by atoms with Crippen molar-refractivity contribution in [3.63, 3.8) is 0 Å². The second-order valence-corrected chi connectivity index (χ2v) is 5.92. The summed E-state index contributed by atoms with van der Waals surface area (Å²) >= 11 is 3.29. The maximum atomic E-state index is 11.4. The predicted molar refractivity (Wildman–Crippen MR) is 59.3 cm³/mol. The van der Waals surface area contributed by atoms with Gasteiger partial charge in [-0.25, -0.2) is 4.72 Å². The molecule has 82 valence electrons. The number of hydrogen-bond donors (Lipinski definition) is 1. The highest BCUT2D eigenvalue weighted by atomic mass is 79.9. The minimum absolute atomic E-state index is 0.363. The van der Waals surface area contributed by atoms with Crippen molar-refractivity contribution in [1.29, 1.82) is 0 Å². The average molecular weight is 292 g/mol. The zero-order valence-electron chi connectivity index (χ0n) is 7.85. The van der Waals surface area contributed by atoms with Crippen molar-refractivity contribution in [2.45, 2.75) is 6.54 Å². The van der Waals surface area contributed by atoms with E-state index in [1.807, 2.05) is 6.07 Å². The smallest absolute Gasteiger partial charge is 0.263 e. The van der Waals surface area contributed by atoms with Crippen molar-refractivity contribution in [2.75, 3.05) is 13.1 Å². The van der Waals surface area contributed by atoms with Gasteiger partial charge in [0.2, 0.25) is 0 Å². The molecule has 0 atom stereocenters. The van der Waals surface area contributed by atoms with Crippen LogP contribution in [0.1, 0.15) is 5.56 Å². The molecule has 2 heterocycles. The molecule has 0 radical (unpaired) electrons. The van der Waals surface area contributed by atoms with E-state index in [1.165, 1.54) is 4.31 Å². The molecule has 1 aromatic rings. The van der Waals surface area contributed by atoms with Crippen molar-refractivity contribution in [1.82, 2.24) is 14.0 Å². The molecule has 0 saturated carbocycles. The summed E-state index contributed by atoms with van der Waals surface area (Å²) in [6.07, 6.45) is 3.33. The van der Waals surface area contributed by atoms with Crippen LogP contribution in [0.2, 0.25) is 0 Å². The van der Waals surface area contributed by atoms with E-state index in [9.17, 15) is 8.42 Å². The van der Waals surface area contributed by atoms with Gasteiger partial charge in [0.25, 0.3) is 10.2 Å². The third-order valence-corrected chi connectivity index (χ3v) is 4.10. The number of nitrogens with zero attached hydrogens (tertiary/aromatic N) is 2. The largest absolute Gasteiger partial charge is 0.279 e. The minimum Gasteiger partial charge on any atom is -0.263 e. The first-order valence-corrected chi connectivity index (χ1v) is 6.65. The average Bonchev–Trinajstić information content (AvgIpc) is 2.46. The summed E-state index contributed by atoms with van der Waals surface area (Å²) in [5.74, 6) is 0. The van der Waals surface area contributed by atoms with E-state index in [0.717, 1.165) is 10.0 Å². The summed E-state index contributed by atoms with van der Waals surface area (Å²) in [6.45, 7) is 1.35. The van der Waals surface area contributed by atoms with Crippen LogP contribution in [0.4, 0.5) is 0 Å². The number of nitrogens with one attached hydrogen (secondary N) is 1. The first kappa shape index (κ1) is 11.0. The molecule has 0 unspecified atom stereocenters. The van der Waals surface area contributed by atoms with Crippen molar-refractivity contribution >= 4 is 26.1 Å². The molecule has 2 rings (SSSR count). The van der Waals surface area contributed by atoms with Gasteiger partial charge in [0.15, 0.2) is 0 Å². The van der Waals surface area contributed by atoms with Crippen LogP contribution in [0.15, 0.2) is 22.9 Å². The van der Waals surface area contributed by atoms with Gasteiger partial charge in [-0.05, 0) is 27.6 Å². The van der Waals surface area contributed by atoms with Gasteiger partial charge >= 0.3 is 0 Å². The number of rotatable bonds is 2. The van der Waals surface area contributed by atoms with Crippen LogP contribution < -0.4 is 4.72 Å². The Balaban J connectivity index is 2.16. The second-order valence-electron chi connectivity index (χ2n) is 3.24.